The number of aromatic nitrogens is 3. The molecule has 158 valence electrons. The van der Waals surface area contributed by atoms with Crippen molar-refractivity contribution < 1.29 is 17.5 Å². The monoisotopic (exact) mass is 401 g/mol. The van der Waals surface area contributed by atoms with Crippen molar-refractivity contribution in [2.45, 2.75) is 44.8 Å². The molecular formula is C21H31N5O3. The second kappa shape index (κ2) is 7.68. The van der Waals surface area contributed by atoms with E-state index in [0.29, 0.717) is 35.0 Å². The molecular weight excluding hydrogens is 370 g/mol. The normalized spacial score (nSPS) is 21.8. The topological polar surface area (TPSA) is 100 Å². The largest absolute Gasteiger partial charge is 0.384 e. The molecule has 2 N–H and O–H groups in total. The quantitative estimate of drug-likeness (QED) is 0.794. The van der Waals surface area contributed by atoms with E-state index in [1.807, 2.05) is 11.0 Å². The van der Waals surface area contributed by atoms with Crippen LogP contribution in [0.1, 0.15) is 41.7 Å². The van der Waals surface area contributed by atoms with Crippen molar-refractivity contribution in [2.24, 2.45) is 5.92 Å². The number of carbonyl (C=O) groups is 1. The molecule has 8 heteroatoms. The number of nitrogens with zero attached hydrogens (tertiary/aromatic N) is 4. The Labute approximate surface area is 173 Å². The molecule has 4 rings (SSSR count). The van der Waals surface area contributed by atoms with Crippen LogP contribution >= 0.6 is 0 Å². The number of anilines is 2. The lowest BCUT2D eigenvalue weighted by Gasteiger charge is -2.31. The second-order valence-corrected chi connectivity index (χ2v) is 8.38. The van der Waals surface area contributed by atoms with Crippen molar-refractivity contribution in [3.63, 3.8) is 0 Å². The Balaban J connectivity index is 0.00000171. The maximum atomic E-state index is 12.1. The summed E-state index contributed by atoms with van der Waals surface area (Å²) >= 11 is 0. The molecule has 29 heavy (non-hydrogen) atoms. The van der Waals surface area contributed by atoms with Crippen LogP contribution in [0.3, 0.4) is 0 Å². The smallest absolute Gasteiger partial charge is 0.245 e. The van der Waals surface area contributed by atoms with Crippen molar-refractivity contribution >= 4 is 17.5 Å². The first-order valence-electron chi connectivity index (χ1n) is 9.97. The van der Waals surface area contributed by atoms with Gasteiger partial charge in [0.2, 0.25) is 5.91 Å². The maximum Gasteiger partial charge on any atom is 0.245 e. The Bertz CT molecular complexity index is 905. The van der Waals surface area contributed by atoms with Crippen molar-refractivity contribution in [1.82, 2.24) is 15.0 Å². The molecule has 1 amide bonds. The van der Waals surface area contributed by atoms with E-state index in [0.717, 1.165) is 31.4 Å². The molecule has 2 aromatic rings. The minimum atomic E-state index is -0.998. The van der Waals surface area contributed by atoms with Gasteiger partial charge < -0.3 is 20.1 Å². The van der Waals surface area contributed by atoms with Gasteiger partial charge in [-0.25, -0.2) is 9.97 Å². The van der Waals surface area contributed by atoms with E-state index in [4.69, 9.17) is 9.72 Å². The fourth-order valence-electron chi connectivity index (χ4n) is 4.03. The molecule has 2 atom stereocenters. The first-order chi connectivity index (χ1) is 13.8. The van der Waals surface area contributed by atoms with Gasteiger partial charge in [0.15, 0.2) is 11.6 Å². The van der Waals surface area contributed by atoms with Crippen LogP contribution in [0.2, 0.25) is 0 Å². The number of rotatable bonds is 5. The van der Waals surface area contributed by atoms with Crippen molar-refractivity contribution in [2.75, 3.05) is 30.4 Å². The highest BCUT2D eigenvalue weighted by atomic mass is 16.5. The molecule has 2 aliphatic rings. The predicted octanol–water partition coefficient (Wildman–Crippen LogP) is 2.83. The summed E-state index contributed by atoms with van der Waals surface area (Å²) in [4.78, 5) is 27.7. The molecule has 0 aromatic carbocycles. The number of ether oxygens (including phenoxy) is 1. The first-order valence-corrected chi connectivity index (χ1v) is 9.97. The van der Waals surface area contributed by atoms with Crippen LogP contribution in [0, 0.1) is 5.92 Å². The first kappa shape index (κ1) is 19.7. The van der Waals surface area contributed by atoms with Gasteiger partial charge in [-0.05, 0) is 51.2 Å². The van der Waals surface area contributed by atoms with Gasteiger partial charge in [-0.3, -0.25) is 9.78 Å². The van der Waals surface area contributed by atoms with Crippen LogP contribution in [0.4, 0.5) is 11.6 Å². The summed E-state index contributed by atoms with van der Waals surface area (Å²) in [6.45, 7) is 4.43. The Morgan fingerprint density at radius 3 is 2.79 bits per heavy atom. The van der Waals surface area contributed by atoms with Crippen LogP contribution in [-0.2, 0) is 15.1 Å². The summed E-state index contributed by atoms with van der Waals surface area (Å²) in [6.07, 6.45) is 6.77. The molecule has 0 saturated heterocycles. The Hall–Kier alpha value is -2.58. The Kier molecular flexibility index (Phi) is 5.23. The van der Waals surface area contributed by atoms with E-state index in [1.165, 1.54) is 0 Å². The minimum Gasteiger partial charge on any atom is -0.384 e. The second-order valence-electron chi connectivity index (χ2n) is 8.38. The summed E-state index contributed by atoms with van der Waals surface area (Å²) in [6, 6.07) is 3.67. The lowest BCUT2D eigenvalue weighted by Crippen LogP contribution is -2.41. The van der Waals surface area contributed by atoms with E-state index in [9.17, 15) is 9.90 Å². The van der Waals surface area contributed by atoms with Crippen LogP contribution < -0.4 is 10.2 Å². The molecule has 0 bridgehead atoms. The SMILES string of the molecule is CO[C@H]1CC[C@@H](CN2CC(=O)Nc3ncc(-c4ccc(C(C)(C)O)nc4)nc32)C1.[HH].[HH]. The number of nitrogens with one attached hydrogen (secondary N) is 1. The van der Waals surface area contributed by atoms with Crippen LogP contribution in [0.5, 0.6) is 0 Å². The van der Waals surface area contributed by atoms with Gasteiger partial charge in [-0.2, -0.15) is 0 Å². The Morgan fingerprint density at radius 1 is 1.31 bits per heavy atom. The number of aliphatic hydroxyl groups is 1. The summed E-state index contributed by atoms with van der Waals surface area (Å²) in [7, 11) is 1.76. The van der Waals surface area contributed by atoms with Crippen molar-refractivity contribution in [3.05, 3.63) is 30.2 Å². The highest BCUT2D eigenvalue weighted by molar-refractivity contribution is 5.99. The minimum absolute atomic E-state index is 0. The standard InChI is InChI=1S/C21H27N5O3.2H2/c1-21(2,28)17-7-5-14(9-22-17)16-10-23-19-20(24-16)26(12-18(27)25-19)11-13-4-6-15(8-13)29-3;;/h5,7,9-10,13,15,28H,4,6,8,11-12H2,1-3H3,(H,23,25,27);2*1H/t13-,15+;;/m1../s1. The van der Waals surface area contributed by atoms with Gasteiger partial charge in [0.25, 0.3) is 0 Å². The zero-order chi connectivity index (χ0) is 20.6. The van der Waals surface area contributed by atoms with E-state index in [1.54, 1.807) is 39.4 Å². The zero-order valence-electron chi connectivity index (χ0n) is 17.1. The van der Waals surface area contributed by atoms with E-state index in [2.05, 4.69) is 15.3 Å². The van der Waals surface area contributed by atoms with Gasteiger partial charge in [-0.15, -0.1) is 0 Å². The summed E-state index contributed by atoms with van der Waals surface area (Å²) in [5.74, 6) is 1.58. The third-order valence-electron chi connectivity index (χ3n) is 5.64. The molecule has 1 aliphatic heterocycles. The van der Waals surface area contributed by atoms with Gasteiger partial charge in [-0.1, -0.05) is 0 Å². The number of pyridine rings is 1. The average molecular weight is 402 g/mol. The third kappa shape index (κ3) is 4.23. The third-order valence-corrected chi connectivity index (χ3v) is 5.64. The van der Waals surface area contributed by atoms with Gasteiger partial charge in [0, 0.05) is 28.3 Å². The van der Waals surface area contributed by atoms with Crippen molar-refractivity contribution in [1.29, 1.82) is 0 Å². The molecule has 0 unspecified atom stereocenters. The van der Waals surface area contributed by atoms with Crippen LogP contribution in [0.15, 0.2) is 24.5 Å². The number of hydrogen-bond donors (Lipinski definition) is 2. The van der Waals surface area contributed by atoms with E-state index < -0.39 is 5.60 Å². The van der Waals surface area contributed by atoms with E-state index in [-0.39, 0.29) is 15.3 Å². The Morgan fingerprint density at radius 2 is 2.14 bits per heavy atom. The van der Waals surface area contributed by atoms with Gasteiger partial charge in [0.05, 0.1) is 30.2 Å². The molecule has 1 saturated carbocycles. The fourth-order valence-corrected chi connectivity index (χ4v) is 4.03. The van der Waals surface area contributed by atoms with Crippen LogP contribution in [-0.4, -0.2) is 52.3 Å². The number of methoxy groups -OCH3 is 1. The molecule has 0 spiro atoms. The van der Waals surface area contributed by atoms with Crippen LogP contribution in [0.25, 0.3) is 11.3 Å². The lowest BCUT2D eigenvalue weighted by molar-refractivity contribution is -0.115. The number of fused-ring (bicyclic) bond motifs is 1. The summed E-state index contributed by atoms with van der Waals surface area (Å²) < 4.78 is 5.48. The number of amides is 1. The lowest BCUT2D eigenvalue weighted by atomic mass is 10.0. The summed E-state index contributed by atoms with van der Waals surface area (Å²) in [5, 5.41) is 12.9. The molecule has 1 aliphatic carbocycles. The number of carbonyl (C=O) groups excluding carboxylic acids is 1. The van der Waals surface area contributed by atoms with Gasteiger partial charge in [0.1, 0.15) is 5.60 Å². The molecule has 3 heterocycles. The highest BCUT2D eigenvalue weighted by Crippen LogP contribution is 2.33. The molecule has 0 radical (unpaired) electrons. The summed E-state index contributed by atoms with van der Waals surface area (Å²) in [5.41, 5.74) is 1.09. The van der Waals surface area contributed by atoms with Gasteiger partial charge >= 0.3 is 0 Å². The molecule has 1 fully saturated rings. The van der Waals surface area contributed by atoms with Crippen molar-refractivity contribution in [3.8, 4) is 11.3 Å². The molecule has 8 nitrogen and oxygen atoms in total. The fraction of sp³-hybridized carbons (Fsp3) is 0.524. The van der Waals surface area contributed by atoms with E-state index >= 15 is 0 Å². The predicted molar refractivity (Wildman–Crippen MR) is 114 cm³/mol. The number of hydrogen-bond acceptors (Lipinski definition) is 7. The highest BCUT2D eigenvalue weighted by Gasteiger charge is 2.31. The average Bonchev–Trinajstić information content (AvgIpc) is 3.15. The maximum absolute atomic E-state index is 12.1. The zero-order valence-corrected chi connectivity index (χ0v) is 17.1. The molecule has 2 aromatic heterocycles.